The lowest BCUT2D eigenvalue weighted by molar-refractivity contribution is 0.305. The summed E-state index contributed by atoms with van der Waals surface area (Å²) in [5, 5.41) is 0. The van der Waals surface area contributed by atoms with E-state index in [0.717, 1.165) is 31.6 Å². The van der Waals surface area contributed by atoms with E-state index in [2.05, 4.69) is 63.2 Å². The SMILES string of the molecule is CCCCCCCOc1cc(CCC)ccc1-c1ccc(CCC)cc1. The van der Waals surface area contributed by atoms with E-state index in [1.165, 1.54) is 60.8 Å². The van der Waals surface area contributed by atoms with Crippen LogP contribution in [0, 0.1) is 0 Å². The first-order valence-corrected chi connectivity index (χ1v) is 10.6. The normalized spacial score (nSPS) is 10.9. The Hall–Kier alpha value is -1.76. The van der Waals surface area contributed by atoms with Crippen molar-refractivity contribution < 1.29 is 4.74 Å². The monoisotopic (exact) mass is 352 g/mol. The van der Waals surface area contributed by atoms with Crippen LogP contribution in [0.15, 0.2) is 42.5 Å². The highest BCUT2D eigenvalue weighted by Crippen LogP contribution is 2.32. The van der Waals surface area contributed by atoms with E-state index < -0.39 is 0 Å². The summed E-state index contributed by atoms with van der Waals surface area (Å²) in [5.74, 6) is 1.05. The lowest BCUT2D eigenvalue weighted by atomic mass is 9.99. The Morgan fingerprint density at radius 3 is 2.00 bits per heavy atom. The average molecular weight is 353 g/mol. The van der Waals surface area contributed by atoms with Gasteiger partial charge in [-0.15, -0.1) is 0 Å². The molecule has 0 N–H and O–H groups in total. The standard InChI is InChI=1S/C25H36O/c1-4-7-8-9-10-19-26-25-20-22(12-6-3)15-18-24(25)23-16-13-21(11-5-2)14-17-23/h13-18,20H,4-12,19H2,1-3H3. The Morgan fingerprint density at radius 2 is 1.31 bits per heavy atom. The van der Waals surface area contributed by atoms with Crippen LogP contribution in [0.25, 0.3) is 11.1 Å². The molecule has 0 aromatic heterocycles. The quantitative estimate of drug-likeness (QED) is 0.357. The summed E-state index contributed by atoms with van der Waals surface area (Å²) in [4.78, 5) is 0. The molecule has 0 radical (unpaired) electrons. The van der Waals surface area contributed by atoms with E-state index in [4.69, 9.17) is 4.74 Å². The molecule has 1 nitrogen and oxygen atoms in total. The Balaban J connectivity index is 2.10. The van der Waals surface area contributed by atoms with Gasteiger partial charge in [0.15, 0.2) is 0 Å². The highest BCUT2D eigenvalue weighted by Gasteiger charge is 2.08. The van der Waals surface area contributed by atoms with Crippen molar-refractivity contribution in [2.24, 2.45) is 0 Å². The minimum atomic E-state index is 0.820. The van der Waals surface area contributed by atoms with Crippen molar-refractivity contribution in [3.05, 3.63) is 53.6 Å². The molecule has 0 unspecified atom stereocenters. The van der Waals surface area contributed by atoms with Gasteiger partial charge in [-0.05, 0) is 42.0 Å². The molecule has 2 aromatic rings. The largest absolute Gasteiger partial charge is 0.493 e. The fraction of sp³-hybridized carbons (Fsp3) is 0.520. The fourth-order valence-electron chi connectivity index (χ4n) is 3.40. The highest BCUT2D eigenvalue weighted by molar-refractivity contribution is 5.71. The van der Waals surface area contributed by atoms with Crippen LogP contribution in [0.1, 0.15) is 76.8 Å². The van der Waals surface area contributed by atoms with E-state index in [1.54, 1.807) is 0 Å². The molecule has 2 aromatic carbocycles. The maximum absolute atomic E-state index is 6.24. The molecule has 0 bridgehead atoms. The lowest BCUT2D eigenvalue weighted by Gasteiger charge is -2.14. The van der Waals surface area contributed by atoms with E-state index >= 15 is 0 Å². The fourth-order valence-corrected chi connectivity index (χ4v) is 3.40. The van der Waals surface area contributed by atoms with Crippen molar-refractivity contribution in [2.75, 3.05) is 6.61 Å². The zero-order valence-corrected chi connectivity index (χ0v) is 17.0. The predicted octanol–water partition coefficient (Wildman–Crippen LogP) is 7.61. The zero-order valence-electron chi connectivity index (χ0n) is 17.0. The Labute approximate surface area is 160 Å². The molecular weight excluding hydrogens is 316 g/mol. The van der Waals surface area contributed by atoms with Crippen LogP contribution >= 0.6 is 0 Å². The smallest absolute Gasteiger partial charge is 0.127 e. The molecule has 0 saturated heterocycles. The van der Waals surface area contributed by atoms with E-state index in [-0.39, 0.29) is 0 Å². The molecule has 0 atom stereocenters. The molecule has 0 aliphatic rings. The summed E-state index contributed by atoms with van der Waals surface area (Å²) in [6.07, 6.45) is 11.0. The predicted molar refractivity (Wildman–Crippen MR) is 114 cm³/mol. The third kappa shape index (κ3) is 6.52. The van der Waals surface area contributed by atoms with Crippen LogP contribution in [0.5, 0.6) is 5.75 Å². The molecule has 0 amide bonds. The number of benzene rings is 2. The Kier molecular flexibility index (Phi) is 9.31. The van der Waals surface area contributed by atoms with Crippen molar-refractivity contribution in [3.8, 4) is 16.9 Å². The average Bonchev–Trinajstić information content (AvgIpc) is 2.66. The van der Waals surface area contributed by atoms with E-state index in [0.29, 0.717) is 0 Å². The van der Waals surface area contributed by atoms with Crippen LogP contribution in [0.4, 0.5) is 0 Å². The first-order chi connectivity index (χ1) is 12.8. The molecule has 26 heavy (non-hydrogen) atoms. The first-order valence-electron chi connectivity index (χ1n) is 10.6. The summed E-state index contributed by atoms with van der Waals surface area (Å²) >= 11 is 0. The Bertz CT molecular complexity index is 627. The van der Waals surface area contributed by atoms with Crippen molar-refractivity contribution >= 4 is 0 Å². The number of hydrogen-bond donors (Lipinski definition) is 0. The van der Waals surface area contributed by atoms with Gasteiger partial charge in [0.05, 0.1) is 6.61 Å². The van der Waals surface area contributed by atoms with E-state index in [1.807, 2.05) is 0 Å². The topological polar surface area (TPSA) is 9.23 Å². The second-order valence-electron chi connectivity index (χ2n) is 7.29. The number of rotatable bonds is 12. The van der Waals surface area contributed by atoms with Gasteiger partial charge in [0, 0.05) is 5.56 Å². The number of unbranched alkanes of at least 4 members (excludes halogenated alkanes) is 4. The van der Waals surface area contributed by atoms with Crippen LogP contribution in [-0.4, -0.2) is 6.61 Å². The number of aryl methyl sites for hydroxylation is 2. The third-order valence-electron chi connectivity index (χ3n) is 4.89. The summed E-state index contributed by atoms with van der Waals surface area (Å²) in [5.41, 5.74) is 5.27. The second-order valence-corrected chi connectivity index (χ2v) is 7.29. The van der Waals surface area contributed by atoms with Crippen molar-refractivity contribution in [3.63, 3.8) is 0 Å². The molecule has 0 aliphatic carbocycles. The minimum absolute atomic E-state index is 0.820. The van der Waals surface area contributed by atoms with Crippen molar-refractivity contribution in [1.82, 2.24) is 0 Å². The summed E-state index contributed by atoms with van der Waals surface area (Å²) in [7, 11) is 0. The van der Waals surface area contributed by atoms with Crippen LogP contribution in [-0.2, 0) is 12.8 Å². The molecular formula is C25H36O. The number of ether oxygens (including phenoxy) is 1. The van der Waals surface area contributed by atoms with Gasteiger partial charge in [0.25, 0.3) is 0 Å². The van der Waals surface area contributed by atoms with Gasteiger partial charge in [-0.1, -0.05) is 95.7 Å². The molecule has 0 saturated carbocycles. The van der Waals surface area contributed by atoms with E-state index in [9.17, 15) is 0 Å². The van der Waals surface area contributed by atoms with Crippen LogP contribution in [0.3, 0.4) is 0 Å². The van der Waals surface area contributed by atoms with Gasteiger partial charge in [-0.25, -0.2) is 0 Å². The lowest BCUT2D eigenvalue weighted by Crippen LogP contribution is -2.00. The summed E-state index contributed by atoms with van der Waals surface area (Å²) in [6.45, 7) is 7.54. The molecule has 0 aliphatic heterocycles. The van der Waals surface area contributed by atoms with Gasteiger partial charge in [0.1, 0.15) is 5.75 Å². The summed E-state index contributed by atoms with van der Waals surface area (Å²) in [6, 6.07) is 15.8. The maximum Gasteiger partial charge on any atom is 0.127 e. The minimum Gasteiger partial charge on any atom is -0.493 e. The summed E-state index contributed by atoms with van der Waals surface area (Å²) < 4.78 is 6.24. The molecule has 0 fully saturated rings. The Morgan fingerprint density at radius 1 is 0.654 bits per heavy atom. The molecule has 1 heteroatoms. The van der Waals surface area contributed by atoms with Crippen molar-refractivity contribution in [2.45, 2.75) is 78.6 Å². The van der Waals surface area contributed by atoms with Gasteiger partial charge in [-0.3, -0.25) is 0 Å². The third-order valence-corrected chi connectivity index (χ3v) is 4.89. The molecule has 142 valence electrons. The molecule has 2 rings (SSSR count). The first kappa shape index (κ1) is 20.6. The number of hydrogen-bond acceptors (Lipinski definition) is 1. The van der Waals surface area contributed by atoms with Crippen LogP contribution in [0.2, 0.25) is 0 Å². The van der Waals surface area contributed by atoms with Gasteiger partial charge >= 0.3 is 0 Å². The second kappa shape index (κ2) is 11.8. The zero-order chi connectivity index (χ0) is 18.6. The van der Waals surface area contributed by atoms with Gasteiger partial charge in [-0.2, -0.15) is 0 Å². The van der Waals surface area contributed by atoms with Gasteiger partial charge < -0.3 is 4.74 Å². The van der Waals surface area contributed by atoms with Crippen molar-refractivity contribution in [1.29, 1.82) is 0 Å². The molecule has 0 heterocycles. The van der Waals surface area contributed by atoms with Gasteiger partial charge in [0.2, 0.25) is 0 Å². The highest BCUT2D eigenvalue weighted by atomic mass is 16.5. The maximum atomic E-state index is 6.24. The molecule has 0 spiro atoms. The van der Waals surface area contributed by atoms with Crippen LogP contribution < -0.4 is 4.74 Å².